The molecule has 3 aromatic rings. The monoisotopic (exact) mass is 316 g/mol. The van der Waals surface area contributed by atoms with E-state index in [4.69, 9.17) is 0 Å². The number of aromatic nitrogens is 2. The molecule has 0 radical (unpaired) electrons. The zero-order valence-corrected chi connectivity index (χ0v) is 13.4. The lowest BCUT2D eigenvalue weighted by molar-refractivity contribution is 0.587. The van der Waals surface area contributed by atoms with Gasteiger partial charge in [0, 0.05) is 0 Å². The normalized spacial score (nSPS) is 12.0. The predicted molar refractivity (Wildman–Crippen MR) is 85.8 cm³/mol. The molecule has 0 unspecified atom stereocenters. The van der Waals surface area contributed by atoms with Gasteiger partial charge in [0.25, 0.3) is 10.0 Å². The van der Waals surface area contributed by atoms with Gasteiger partial charge in [-0.25, -0.2) is 13.2 Å². The van der Waals surface area contributed by atoms with Crippen LogP contribution in [0.25, 0.3) is 11.0 Å². The third-order valence-corrected chi connectivity index (χ3v) is 5.21. The van der Waals surface area contributed by atoms with E-state index in [-0.39, 0.29) is 4.90 Å². The number of nitrogens with one attached hydrogen (secondary N) is 1. The number of rotatable bonds is 2. The number of hydrogen-bond donors (Lipinski definition) is 1. The van der Waals surface area contributed by atoms with E-state index in [0.717, 1.165) is 20.7 Å². The lowest BCUT2D eigenvalue weighted by atomic mass is 10.2. The summed E-state index contributed by atoms with van der Waals surface area (Å²) in [4.78, 5) is 14.9. The Morgan fingerprint density at radius 1 is 0.909 bits per heavy atom. The third-order valence-electron chi connectivity index (χ3n) is 3.53. The molecular formula is C16H16N2O3S. The largest absolute Gasteiger partial charge is 0.340 e. The molecule has 0 aliphatic carbocycles. The highest BCUT2D eigenvalue weighted by Crippen LogP contribution is 2.21. The van der Waals surface area contributed by atoms with Gasteiger partial charge in [-0.1, -0.05) is 12.1 Å². The van der Waals surface area contributed by atoms with E-state index in [0.29, 0.717) is 11.0 Å². The van der Waals surface area contributed by atoms with Crippen LogP contribution in [-0.2, 0) is 10.0 Å². The number of H-pyrrole nitrogens is 1. The van der Waals surface area contributed by atoms with Crippen molar-refractivity contribution >= 4 is 21.1 Å². The minimum atomic E-state index is -3.94. The van der Waals surface area contributed by atoms with Crippen molar-refractivity contribution < 1.29 is 8.42 Å². The van der Waals surface area contributed by atoms with E-state index in [2.05, 4.69) is 4.98 Å². The maximum Gasteiger partial charge on any atom is 0.340 e. The van der Waals surface area contributed by atoms with Crippen molar-refractivity contribution in [3.8, 4) is 0 Å². The van der Waals surface area contributed by atoms with Gasteiger partial charge in [0.2, 0.25) is 0 Å². The minimum Gasteiger partial charge on any atom is -0.305 e. The minimum absolute atomic E-state index is 0.120. The molecule has 0 fully saturated rings. The van der Waals surface area contributed by atoms with Crippen LogP contribution >= 0.6 is 0 Å². The van der Waals surface area contributed by atoms with Crippen LogP contribution in [0, 0.1) is 20.8 Å². The number of fused-ring (bicyclic) bond motifs is 1. The number of aromatic amines is 1. The summed E-state index contributed by atoms with van der Waals surface area (Å²) in [6, 6.07) is 10.3. The first-order chi connectivity index (χ1) is 10.3. The highest BCUT2D eigenvalue weighted by molar-refractivity contribution is 7.90. The van der Waals surface area contributed by atoms with Gasteiger partial charge in [-0.2, -0.15) is 3.97 Å². The van der Waals surface area contributed by atoms with Gasteiger partial charge in [-0.3, -0.25) is 0 Å². The maximum atomic E-state index is 12.9. The molecule has 0 spiro atoms. The number of benzene rings is 2. The van der Waals surface area contributed by atoms with Crippen molar-refractivity contribution in [2.45, 2.75) is 25.7 Å². The summed E-state index contributed by atoms with van der Waals surface area (Å²) < 4.78 is 26.6. The number of imidazole rings is 1. The quantitative estimate of drug-likeness (QED) is 0.789. The van der Waals surface area contributed by atoms with E-state index < -0.39 is 15.7 Å². The van der Waals surface area contributed by atoms with Crippen LogP contribution in [0.3, 0.4) is 0 Å². The second-order valence-electron chi connectivity index (χ2n) is 5.54. The second kappa shape index (κ2) is 4.84. The molecule has 0 aliphatic rings. The Hall–Kier alpha value is -2.34. The summed E-state index contributed by atoms with van der Waals surface area (Å²) in [7, 11) is -3.94. The molecule has 0 bridgehead atoms. The molecule has 5 nitrogen and oxygen atoms in total. The van der Waals surface area contributed by atoms with Crippen LogP contribution in [-0.4, -0.2) is 17.4 Å². The van der Waals surface area contributed by atoms with Crippen molar-refractivity contribution in [2.75, 3.05) is 0 Å². The molecule has 22 heavy (non-hydrogen) atoms. The average molecular weight is 316 g/mol. The van der Waals surface area contributed by atoms with Crippen molar-refractivity contribution in [3.05, 3.63) is 63.6 Å². The van der Waals surface area contributed by atoms with Crippen molar-refractivity contribution in [1.82, 2.24) is 8.96 Å². The Morgan fingerprint density at radius 2 is 1.55 bits per heavy atom. The highest BCUT2D eigenvalue weighted by atomic mass is 32.2. The van der Waals surface area contributed by atoms with Gasteiger partial charge >= 0.3 is 5.69 Å². The van der Waals surface area contributed by atoms with Crippen LogP contribution in [0.4, 0.5) is 0 Å². The number of nitrogens with zero attached hydrogens (tertiary/aromatic N) is 1. The highest BCUT2D eigenvalue weighted by Gasteiger charge is 2.23. The van der Waals surface area contributed by atoms with Gasteiger partial charge in [0.15, 0.2) is 0 Å². The average Bonchev–Trinajstić information content (AvgIpc) is 2.73. The van der Waals surface area contributed by atoms with Crippen molar-refractivity contribution in [1.29, 1.82) is 0 Å². The first-order valence-electron chi connectivity index (χ1n) is 6.84. The summed E-state index contributed by atoms with van der Waals surface area (Å²) in [5.74, 6) is 0. The standard InChI is InChI=1S/C16H16N2O3S/c1-10-4-5-14-15(9-10)18(16(19)17-14)22(20,21)13-7-11(2)6-12(3)8-13/h4-9H,1-3H3,(H,17,19). The molecule has 1 heterocycles. The SMILES string of the molecule is Cc1cc(C)cc(S(=O)(=O)n2c(=O)[nH]c3ccc(C)cc32)c1. The predicted octanol–water partition coefficient (Wildman–Crippen LogP) is 2.49. The van der Waals surface area contributed by atoms with Gasteiger partial charge in [0.1, 0.15) is 0 Å². The summed E-state index contributed by atoms with van der Waals surface area (Å²) in [5, 5.41) is 0. The molecule has 0 amide bonds. The van der Waals surface area contributed by atoms with Crippen LogP contribution in [0.1, 0.15) is 16.7 Å². The fraction of sp³-hybridized carbons (Fsp3) is 0.188. The number of hydrogen-bond acceptors (Lipinski definition) is 3. The maximum absolute atomic E-state index is 12.9. The molecule has 1 aromatic heterocycles. The Balaban J connectivity index is 2.36. The van der Waals surface area contributed by atoms with Crippen LogP contribution in [0.15, 0.2) is 46.1 Å². The summed E-state index contributed by atoms with van der Waals surface area (Å²) in [6.07, 6.45) is 0. The lowest BCUT2D eigenvalue weighted by Gasteiger charge is -2.08. The number of aryl methyl sites for hydroxylation is 3. The molecule has 114 valence electrons. The molecule has 6 heteroatoms. The van der Waals surface area contributed by atoms with Crippen LogP contribution in [0.5, 0.6) is 0 Å². The Morgan fingerprint density at radius 3 is 2.18 bits per heavy atom. The summed E-state index contributed by atoms with van der Waals surface area (Å²) in [6.45, 7) is 5.51. The molecule has 1 N–H and O–H groups in total. The summed E-state index contributed by atoms with van der Waals surface area (Å²) in [5.41, 5.74) is 2.77. The Labute approximate surface area is 128 Å². The van der Waals surface area contributed by atoms with Crippen molar-refractivity contribution in [2.24, 2.45) is 0 Å². The molecule has 0 saturated carbocycles. The van der Waals surface area contributed by atoms with Crippen LogP contribution in [0.2, 0.25) is 0 Å². The Bertz CT molecular complexity index is 1020. The first-order valence-corrected chi connectivity index (χ1v) is 8.28. The fourth-order valence-electron chi connectivity index (χ4n) is 2.62. The smallest absolute Gasteiger partial charge is 0.305 e. The molecule has 0 saturated heterocycles. The van der Waals surface area contributed by atoms with E-state index in [9.17, 15) is 13.2 Å². The van der Waals surface area contributed by atoms with E-state index in [1.807, 2.05) is 32.9 Å². The fourth-order valence-corrected chi connectivity index (χ4v) is 4.17. The van der Waals surface area contributed by atoms with E-state index in [1.54, 1.807) is 24.3 Å². The van der Waals surface area contributed by atoms with Gasteiger partial charge in [0.05, 0.1) is 15.9 Å². The van der Waals surface area contributed by atoms with Gasteiger partial charge < -0.3 is 4.98 Å². The van der Waals surface area contributed by atoms with E-state index >= 15 is 0 Å². The first kappa shape index (κ1) is 14.6. The van der Waals surface area contributed by atoms with E-state index in [1.165, 1.54) is 0 Å². The third kappa shape index (κ3) is 2.25. The second-order valence-corrected chi connectivity index (χ2v) is 7.33. The lowest BCUT2D eigenvalue weighted by Crippen LogP contribution is -2.25. The van der Waals surface area contributed by atoms with Crippen LogP contribution < -0.4 is 5.69 Å². The van der Waals surface area contributed by atoms with Gasteiger partial charge in [-0.05, 0) is 61.7 Å². The van der Waals surface area contributed by atoms with Crippen molar-refractivity contribution in [3.63, 3.8) is 0 Å². The molecular weight excluding hydrogens is 300 g/mol. The molecule has 3 rings (SSSR count). The molecule has 0 aliphatic heterocycles. The Kier molecular flexibility index (Phi) is 3.21. The molecule has 2 aromatic carbocycles. The molecule has 0 atom stereocenters. The topological polar surface area (TPSA) is 71.9 Å². The zero-order chi connectivity index (χ0) is 16.1. The zero-order valence-electron chi connectivity index (χ0n) is 12.5. The summed E-state index contributed by atoms with van der Waals surface area (Å²) >= 11 is 0. The van der Waals surface area contributed by atoms with Gasteiger partial charge in [-0.15, -0.1) is 0 Å².